The Morgan fingerprint density at radius 1 is 1.53 bits per heavy atom. The Kier molecular flexibility index (Phi) is 1.98. The van der Waals surface area contributed by atoms with Crippen molar-refractivity contribution in [1.29, 1.82) is 0 Å². The molecule has 0 spiro atoms. The van der Waals surface area contributed by atoms with Crippen molar-refractivity contribution in [2.24, 2.45) is 0 Å². The highest BCUT2D eigenvalue weighted by molar-refractivity contribution is 7.07. The molecule has 78 valence electrons. The molecule has 0 unspecified atom stereocenters. The maximum atomic E-state index is 11.4. The van der Waals surface area contributed by atoms with Crippen LogP contribution >= 0.6 is 11.3 Å². The first kappa shape index (κ1) is 8.91. The molecule has 3 rings (SSSR count). The molecule has 1 aliphatic carbocycles. The van der Waals surface area contributed by atoms with Gasteiger partial charge in [0.25, 0.3) is 0 Å². The SMILES string of the molecule is O=c1sccn1Cc1cncn1C1CC1. The van der Waals surface area contributed by atoms with Crippen molar-refractivity contribution in [3.63, 3.8) is 0 Å². The van der Waals surface area contributed by atoms with Crippen LogP contribution in [0.3, 0.4) is 0 Å². The van der Waals surface area contributed by atoms with Crippen molar-refractivity contribution in [3.8, 4) is 0 Å². The molecule has 0 aliphatic heterocycles. The van der Waals surface area contributed by atoms with Crippen LogP contribution in [0.5, 0.6) is 0 Å². The van der Waals surface area contributed by atoms with E-state index in [1.807, 2.05) is 24.1 Å². The number of nitrogens with zero attached hydrogens (tertiary/aromatic N) is 3. The van der Waals surface area contributed by atoms with Crippen molar-refractivity contribution >= 4 is 11.3 Å². The lowest BCUT2D eigenvalue weighted by Crippen LogP contribution is -2.14. The summed E-state index contributed by atoms with van der Waals surface area (Å²) >= 11 is 1.23. The molecule has 2 aromatic heterocycles. The Balaban J connectivity index is 1.90. The van der Waals surface area contributed by atoms with E-state index in [9.17, 15) is 4.79 Å². The molecule has 0 amide bonds. The molecule has 0 radical (unpaired) electrons. The standard InChI is InChI=1S/C10H11N3OS/c14-10-12(3-4-15-10)6-9-5-11-7-13(9)8-1-2-8/h3-5,7-8H,1-2,6H2. The van der Waals surface area contributed by atoms with Gasteiger partial charge in [0.2, 0.25) is 0 Å². The van der Waals surface area contributed by atoms with Gasteiger partial charge in [0, 0.05) is 23.8 Å². The van der Waals surface area contributed by atoms with Crippen LogP contribution in [0, 0.1) is 0 Å². The number of hydrogen-bond donors (Lipinski definition) is 0. The van der Waals surface area contributed by atoms with E-state index < -0.39 is 0 Å². The summed E-state index contributed by atoms with van der Waals surface area (Å²) in [4.78, 5) is 15.6. The van der Waals surface area contributed by atoms with E-state index in [1.54, 1.807) is 4.57 Å². The van der Waals surface area contributed by atoms with E-state index in [2.05, 4.69) is 9.55 Å². The van der Waals surface area contributed by atoms with Gasteiger partial charge in [-0.1, -0.05) is 11.3 Å². The summed E-state index contributed by atoms with van der Waals surface area (Å²) < 4.78 is 3.91. The highest BCUT2D eigenvalue weighted by Gasteiger charge is 2.25. The van der Waals surface area contributed by atoms with Crippen molar-refractivity contribution in [2.45, 2.75) is 25.4 Å². The first-order valence-electron chi connectivity index (χ1n) is 4.99. The molecule has 1 fully saturated rings. The number of aromatic nitrogens is 3. The molecule has 0 bridgehead atoms. The lowest BCUT2D eigenvalue weighted by molar-refractivity contribution is 0.652. The minimum atomic E-state index is 0.0959. The fourth-order valence-corrected chi connectivity index (χ4v) is 2.30. The van der Waals surface area contributed by atoms with Gasteiger partial charge in [0.15, 0.2) is 0 Å². The first-order chi connectivity index (χ1) is 7.34. The van der Waals surface area contributed by atoms with Crippen molar-refractivity contribution in [1.82, 2.24) is 14.1 Å². The molecular weight excluding hydrogens is 210 g/mol. The number of rotatable bonds is 3. The molecular formula is C10H11N3OS. The number of imidazole rings is 1. The highest BCUT2D eigenvalue weighted by Crippen LogP contribution is 2.35. The van der Waals surface area contributed by atoms with Gasteiger partial charge in [-0.05, 0) is 12.8 Å². The van der Waals surface area contributed by atoms with Gasteiger partial charge in [-0.15, -0.1) is 0 Å². The van der Waals surface area contributed by atoms with Crippen LogP contribution < -0.4 is 4.87 Å². The Morgan fingerprint density at radius 2 is 2.40 bits per heavy atom. The molecule has 0 N–H and O–H groups in total. The molecule has 1 saturated carbocycles. The summed E-state index contributed by atoms with van der Waals surface area (Å²) in [6, 6.07) is 0.622. The van der Waals surface area contributed by atoms with Crippen LogP contribution in [-0.2, 0) is 6.54 Å². The predicted octanol–water partition coefficient (Wildman–Crippen LogP) is 1.49. The van der Waals surface area contributed by atoms with E-state index in [-0.39, 0.29) is 4.87 Å². The zero-order valence-corrected chi connectivity index (χ0v) is 8.98. The normalized spacial score (nSPS) is 15.7. The second-order valence-electron chi connectivity index (χ2n) is 3.82. The maximum Gasteiger partial charge on any atom is 0.307 e. The second-order valence-corrected chi connectivity index (χ2v) is 4.68. The summed E-state index contributed by atoms with van der Waals surface area (Å²) in [6.07, 6.45) is 8.02. The van der Waals surface area contributed by atoms with Crippen LogP contribution in [-0.4, -0.2) is 14.1 Å². The average molecular weight is 221 g/mol. The summed E-state index contributed by atoms with van der Waals surface area (Å²) in [5.41, 5.74) is 1.12. The molecule has 2 heterocycles. The summed E-state index contributed by atoms with van der Waals surface area (Å²) in [7, 11) is 0. The summed E-state index contributed by atoms with van der Waals surface area (Å²) in [5, 5.41) is 1.82. The zero-order valence-electron chi connectivity index (χ0n) is 8.17. The zero-order chi connectivity index (χ0) is 10.3. The smallest absolute Gasteiger partial charge is 0.307 e. The van der Waals surface area contributed by atoms with E-state index in [0.29, 0.717) is 12.6 Å². The Hall–Kier alpha value is -1.36. The van der Waals surface area contributed by atoms with Crippen LogP contribution in [0.1, 0.15) is 24.6 Å². The monoisotopic (exact) mass is 221 g/mol. The number of thiazole rings is 1. The third kappa shape index (κ3) is 1.63. The minimum absolute atomic E-state index is 0.0959. The van der Waals surface area contributed by atoms with Gasteiger partial charge < -0.3 is 4.57 Å². The molecule has 0 aromatic carbocycles. The van der Waals surface area contributed by atoms with E-state index >= 15 is 0 Å². The van der Waals surface area contributed by atoms with Crippen molar-refractivity contribution < 1.29 is 0 Å². The third-order valence-corrected chi connectivity index (χ3v) is 3.36. The topological polar surface area (TPSA) is 39.8 Å². The molecule has 2 aromatic rings. The van der Waals surface area contributed by atoms with Crippen LogP contribution in [0.15, 0.2) is 28.9 Å². The average Bonchev–Trinajstić information content (AvgIpc) is 2.85. The fourth-order valence-electron chi connectivity index (χ4n) is 1.72. The van der Waals surface area contributed by atoms with E-state index in [4.69, 9.17) is 0 Å². The van der Waals surface area contributed by atoms with E-state index in [1.165, 1.54) is 24.2 Å². The van der Waals surface area contributed by atoms with Crippen LogP contribution in [0.4, 0.5) is 0 Å². The lowest BCUT2D eigenvalue weighted by Gasteiger charge is -2.05. The van der Waals surface area contributed by atoms with Crippen LogP contribution in [0.2, 0.25) is 0 Å². The van der Waals surface area contributed by atoms with Gasteiger partial charge >= 0.3 is 4.87 Å². The molecule has 5 heteroatoms. The molecule has 0 atom stereocenters. The van der Waals surface area contributed by atoms with Gasteiger partial charge in [-0.2, -0.15) is 0 Å². The van der Waals surface area contributed by atoms with Crippen molar-refractivity contribution in [2.75, 3.05) is 0 Å². The summed E-state index contributed by atoms with van der Waals surface area (Å²) in [5.74, 6) is 0. The fraction of sp³-hybridized carbons (Fsp3) is 0.400. The molecule has 4 nitrogen and oxygen atoms in total. The quantitative estimate of drug-likeness (QED) is 0.787. The van der Waals surface area contributed by atoms with Crippen LogP contribution in [0.25, 0.3) is 0 Å². The van der Waals surface area contributed by atoms with Gasteiger partial charge in [0.05, 0.1) is 18.6 Å². The van der Waals surface area contributed by atoms with Gasteiger partial charge in [-0.25, -0.2) is 4.98 Å². The number of hydrogen-bond acceptors (Lipinski definition) is 3. The van der Waals surface area contributed by atoms with Crippen molar-refractivity contribution in [3.05, 3.63) is 39.5 Å². The molecule has 15 heavy (non-hydrogen) atoms. The molecule has 1 aliphatic rings. The van der Waals surface area contributed by atoms with E-state index in [0.717, 1.165) is 5.69 Å². The summed E-state index contributed by atoms with van der Waals surface area (Å²) in [6.45, 7) is 0.638. The Labute approximate surface area is 90.8 Å². The van der Waals surface area contributed by atoms with Gasteiger partial charge in [0.1, 0.15) is 0 Å². The second kappa shape index (κ2) is 3.34. The third-order valence-electron chi connectivity index (χ3n) is 2.66. The maximum absolute atomic E-state index is 11.4. The minimum Gasteiger partial charge on any atom is -0.330 e. The highest BCUT2D eigenvalue weighted by atomic mass is 32.1. The lowest BCUT2D eigenvalue weighted by atomic mass is 10.4. The predicted molar refractivity (Wildman–Crippen MR) is 58.2 cm³/mol. The first-order valence-corrected chi connectivity index (χ1v) is 5.87. The largest absolute Gasteiger partial charge is 0.330 e. The van der Waals surface area contributed by atoms with Gasteiger partial charge in [-0.3, -0.25) is 9.36 Å². The Morgan fingerprint density at radius 3 is 3.07 bits per heavy atom. The Bertz CT molecular complexity index is 521. The molecule has 0 saturated heterocycles.